The van der Waals surface area contributed by atoms with Gasteiger partial charge in [0.2, 0.25) is 0 Å². The number of halogens is 1. The van der Waals surface area contributed by atoms with Gasteiger partial charge in [0.15, 0.2) is 6.10 Å². The molecule has 3 aliphatic rings. The number of primary amides is 1. The minimum Gasteiger partial charge on any atom is -0.434 e. The van der Waals surface area contributed by atoms with Crippen LogP contribution in [0.1, 0.15) is 11.5 Å². The van der Waals surface area contributed by atoms with E-state index in [1.165, 1.54) is 11.0 Å². The molecule has 3 fully saturated rings. The summed E-state index contributed by atoms with van der Waals surface area (Å²) in [6.45, 7) is -0.0392. The Morgan fingerprint density at radius 2 is 2.00 bits per heavy atom. The van der Waals surface area contributed by atoms with E-state index in [1.54, 1.807) is 12.1 Å². The van der Waals surface area contributed by atoms with E-state index >= 15 is 0 Å². The van der Waals surface area contributed by atoms with E-state index in [9.17, 15) is 23.1 Å². The van der Waals surface area contributed by atoms with Gasteiger partial charge < -0.3 is 10.5 Å². The summed E-state index contributed by atoms with van der Waals surface area (Å²) in [4.78, 5) is 24.1. The topological polar surface area (TPSA) is 113 Å². The van der Waals surface area contributed by atoms with Crippen LogP contribution in [0, 0.1) is 17.7 Å². The average molecular weight is 356 g/mol. The van der Waals surface area contributed by atoms with Crippen LogP contribution in [0.2, 0.25) is 0 Å². The minimum absolute atomic E-state index is 0.00266. The van der Waals surface area contributed by atoms with Gasteiger partial charge in [-0.25, -0.2) is 9.18 Å². The zero-order valence-electron chi connectivity index (χ0n) is 12.6. The second-order valence-corrected chi connectivity index (χ2v) is 8.85. The number of nitrogens with two attached hydrogens (primary N) is 1. The Labute approximate surface area is 138 Å². The molecule has 1 aliphatic carbocycles. The van der Waals surface area contributed by atoms with E-state index in [1.807, 2.05) is 0 Å². The monoisotopic (exact) mass is 356 g/mol. The van der Waals surface area contributed by atoms with Crippen LogP contribution in [-0.2, 0) is 9.53 Å². The lowest BCUT2D eigenvalue weighted by atomic mass is 10.1. The first kappa shape index (κ1) is 15.7. The molecule has 1 unspecified atom stereocenters. The van der Waals surface area contributed by atoms with Crippen molar-refractivity contribution in [1.82, 2.24) is 0 Å². The Morgan fingerprint density at radius 1 is 1.33 bits per heavy atom. The number of benzene rings is 1. The second-order valence-electron chi connectivity index (χ2n) is 6.58. The number of ether oxygens (including phenoxy) is 1. The number of hydrogen-bond donors (Lipinski definition) is 3. The molecule has 130 valence electrons. The number of carbonyl (C=O) groups is 2. The fourth-order valence-electron chi connectivity index (χ4n) is 3.82. The zero-order chi connectivity index (χ0) is 17.2. The summed E-state index contributed by atoms with van der Waals surface area (Å²) in [6.07, 6.45) is -1.77. The lowest BCUT2D eigenvalue weighted by Gasteiger charge is -2.29. The number of amides is 2. The maximum Gasteiger partial charge on any atom is 0.415 e. The van der Waals surface area contributed by atoms with Crippen LogP contribution in [0.5, 0.6) is 0 Å². The molecule has 0 spiro atoms. The molecule has 2 aliphatic heterocycles. The molecule has 2 amide bonds. The molecule has 0 radical (unpaired) electrons. The van der Waals surface area contributed by atoms with E-state index in [0.717, 1.165) is 0 Å². The summed E-state index contributed by atoms with van der Waals surface area (Å²) in [7, 11) is -2.48. The van der Waals surface area contributed by atoms with E-state index in [0.29, 0.717) is 22.8 Å². The SMILES string of the molecule is NC(=O)[C@H]1CN(c2ccc(C3[C@H]4CS(O)(O)C[C@@H]34)c(F)c2)C(=O)O1. The summed E-state index contributed by atoms with van der Waals surface area (Å²) < 4.78 is 38.7. The van der Waals surface area contributed by atoms with Gasteiger partial charge in [-0.3, -0.25) is 18.8 Å². The summed E-state index contributed by atoms with van der Waals surface area (Å²) in [5, 5.41) is 0. The molecule has 9 heteroatoms. The first-order valence-electron chi connectivity index (χ1n) is 7.57. The number of rotatable bonds is 3. The smallest absolute Gasteiger partial charge is 0.415 e. The number of nitrogens with zero attached hydrogens (tertiary/aromatic N) is 1. The highest BCUT2D eigenvalue weighted by atomic mass is 32.3. The zero-order valence-corrected chi connectivity index (χ0v) is 13.4. The van der Waals surface area contributed by atoms with Crippen molar-refractivity contribution in [3.8, 4) is 0 Å². The minimum atomic E-state index is -2.48. The van der Waals surface area contributed by atoms with Gasteiger partial charge in [0, 0.05) is 11.5 Å². The Kier molecular flexibility index (Phi) is 3.32. The van der Waals surface area contributed by atoms with Crippen molar-refractivity contribution < 1.29 is 27.8 Å². The first-order chi connectivity index (χ1) is 11.3. The number of carbonyl (C=O) groups excluding carboxylic acids is 2. The van der Waals surface area contributed by atoms with E-state index in [2.05, 4.69) is 0 Å². The predicted molar refractivity (Wildman–Crippen MR) is 85.5 cm³/mol. The quantitative estimate of drug-likeness (QED) is 0.763. The van der Waals surface area contributed by atoms with Crippen molar-refractivity contribution in [2.45, 2.75) is 12.0 Å². The number of cyclic esters (lactones) is 1. The van der Waals surface area contributed by atoms with Crippen LogP contribution < -0.4 is 10.6 Å². The number of fused-ring (bicyclic) bond motifs is 1. The Hall–Kier alpha value is -1.84. The molecular formula is C15H17FN2O5S. The van der Waals surface area contributed by atoms with Gasteiger partial charge in [-0.2, -0.15) is 10.6 Å². The Morgan fingerprint density at radius 3 is 2.54 bits per heavy atom. The van der Waals surface area contributed by atoms with Crippen LogP contribution >= 0.6 is 10.6 Å². The van der Waals surface area contributed by atoms with Gasteiger partial charge in [-0.15, -0.1) is 0 Å². The standard InChI is InChI=1S/C15H17FN2O5S/c16-11-3-7(18-4-12(14(17)19)23-15(18)20)1-2-8(11)13-9-5-24(21,22)6-10(9)13/h1-3,9-10,12-13,21-22H,4-6H2,(H2,17,19)/t9-,10+,12-,13?/m1/s1. The van der Waals surface area contributed by atoms with Gasteiger partial charge in [-0.05, 0) is 35.4 Å². The molecule has 1 aromatic rings. The lowest BCUT2D eigenvalue weighted by molar-refractivity contribution is -0.124. The Balaban J connectivity index is 1.52. The van der Waals surface area contributed by atoms with Crippen molar-refractivity contribution >= 4 is 28.3 Å². The van der Waals surface area contributed by atoms with Crippen molar-refractivity contribution in [2.24, 2.45) is 17.6 Å². The van der Waals surface area contributed by atoms with Crippen LogP contribution in [0.4, 0.5) is 14.9 Å². The molecule has 1 saturated carbocycles. The normalized spacial score (nSPS) is 34.6. The number of anilines is 1. The van der Waals surface area contributed by atoms with Gasteiger partial charge in [0.25, 0.3) is 5.91 Å². The second kappa shape index (κ2) is 5.08. The van der Waals surface area contributed by atoms with Crippen LogP contribution in [0.3, 0.4) is 0 Å². The summed E-state index contributed by atoms with van der Waals surface area (Å²) in [5.74, 6) is -0.281. The van der Waals surface area contributed by atoms with Crippen molar-refractivity contribution in [3.63, 3.8) is 0 Å². The molecule has 0 aromatic heterocycles. The van der Waals surface area contributed by atoms with E-state index in [-0.39, 0.29) is 24.3 Å². The highest BCUT2D eigenvalue weighted by Crippen LogP contribution is 2.69. The summed E-state index contributed by atoms with van der Waals surface area (Å²) in [6, 6.07) is 4.46. The third-order valence-electron chi connectivity index (χ3n) is 5.03. The van der Waals surface area contributed by atoms with Crippen LogP contribution in [-0.4, -0.2) is 45.3 Å². The van der Waals surface area contributed by atoms with E-state index < -0.39 is 34.5 Å². The molecule has 4 N–H and O–H groups in total. The molecule has 0 bridgehead atoms. The van der Waals surface area contributed by atoms with E-state index in [4.69, 9.17) is 10.5 Å². The first-order valence-corrected chi connectivity index (χ1v) is 9.46. The third kappa shape index (κ3) is 2.43. The van der Waals surface area contributed by atoms with Gasteiger partial charge >= 0.3 is 6.09 Å². The number of hydrogen-bond acceptors (Lipinski definition) is 5. The van der Waals surface area contributed by atoms with Crippen molar-refractivity contribution in [2.75, 3.05) is 23.0 Å². The third-order valence-corrected chi connectivity index (χ3v) is 6.87. The lowest BCUT2D eigenvalue weighted by Crippen LogP contribution is -2.32. The van der Waals surface area contributed by atoms with Gasteiger partial charge in [0.05, 0.1) is 12.2 Å². The highest BCUT2D eigenvalue weighted by molar-refractivity contribution is 8.24. The fraction of sp³-hybridized carbons (Fsp3) is 0.467. The Bertz CT molecular complexity index is 729. The van der Waals surface area contributed by atoms with Crippen LogP contribution in [0.15, 0.2) is 18.2 Å². The summed E-state index contributed by atoms with van der Waals surface area (Å²) >= 11 is 0. The molecule has 24 heavy (non-hydrogen) atoms. The van der Waals surface area contributed by atoms with Crippen molar-refractivity contribution in [1.29, 1.82) is 0 Å². The maximum absolute atomic E-state index is 14.5. The molecule has 2 heterocycles. The van der Waals surface area contributed by atoms with Crippen LogP contribution in [0.25, 0.3) is 0 Å². The predicted octanol–water partition coefficient (Wildman–Crippen LogP) is 1.73. The highest BCUT2D eigenvalue weighted by Gasteiger charge is 2.59. The molecule has 4 rings (SSSR count). The fourth-order valence-corrected chi connectivity index (χ4v) is 6.10. The van der Waals surface area contributed by atoms with Crippen molar-refractivity contribution in [3.05, 3.63) is 29.6 Å². The molecule has 2 saturated heterocycles. The largest absolute Gasteiger partial charge is 0.434 e. The molecular weight excluding hydrogens is 339 g/mol. The summed E-state index contributed by atoms with van der Waals surface area (Å²) in [5.41, 5.74) is 5.96. The van der Waals surface area contributed by atoms with Gasteiger partial charge in [0.1, 0.15) is 5.82 Å². The maximum atomic E-state index is 14.5. The molecule has 7 nitrogen and oxygen atoms in total. The average Bonchev–Trinajstić information content (AvgIpc) is 2.83. The molecule has 4 atom stereocenters. The van der Waals surface area contributed by atoms with Gasteiger partial charge in [-0.1, -0.05) is 6.07 Å². The molecule has 1 aromatic carbocycles.